The van der Waals surface area contributed by atoms with E-state index in [-0.39, 0.29) is 11.1 Å². The first-order valence-corrected chi connectivity index (χ1v) is 9.83. The molecule has 0 spiro atoms. The van der Waals surface area contributed by atoms with Crippen LogP contribution in [0.3, 0.4) is 0 Å². The van der Waals surface area contributed by atoms with Gasteiger partial charge in [-0.1, -0.05) is 18.2 Å². The highest BCUT2D eigenvalue weighted by molar-refractivity contribution is 5.74. The molecule has 3 aromatic rings. The van der Waals surface area contributed by atoms with Gasteiger partial charge in [0.1, 0.15) is 11.1 Å². The first-order valence-electron chi connectivity index (χ1n) is 9.83. The Morgan fingerprint density at radius 3 is 2.79 bits per heavy atom. The fraction of sp³-hybridized carbons (Fsp3) is 0.476. The third-order valence-electron chi connectivity index (χ3n) is 5.11. The smallest absolute Gasteiger partial charge is 0.263 e. The van der Waals surface area contributed by atoms with Crippen molar-refractivity contribution >= 4 is 17.0 Å². The Morgan fingerprint density at radius 2 is 2.04 bits per heavy atom. The molecule has 148 valence electrons. The molecule has 1 atom stereocenters. The van der Waals surface area contributed by atoms with Crippen LogP contribution in [0.15, 0.2) is 41.3 Å². The Kier molecular flexibility index (Phi) is 4.83. The summed E-state index contributed by atoms with van der Waals surface area (Å²) in [7, 11) is 0. The zero-order chi connectivity index (χ0) is 19.7. The molecule has 1 aliphatic heterocycles. The molecule has 7 heteroatoms. The summed E-state index contributed by atoms with van der Waals surface area (Å²) in [6, 6.07) is 9.88. The summed E-state index contributed by atoms with van der Waals surface area (Å²) >= 11 is 0. The maximum absolute atomic E-state index is 12.6. The molecule has 4 rings (SSSR count). The van der Waals surface area contributed by atoms with Crippen LogP contribution in [0.4, 0.5) is 5.95 Å². The summed E-state index contributed by atoms with van der Waals surface area (Å²) in [6.45, 7) is 8.51. The molecule has 2 aromatic heterocycles. The van der Waals surface area contributed by atoms with Crippen LogP contribution in [0.5, 0.6) is 5.75 Å². The molecule has 1 aromatic carbocycles. The predicted octanol–water partition coefficient (Wildman–Crippen LogP) is 3.17. The van der Waals surface area contributed by atoms with Crippen LogP contribution in [-0.2, 0) is 5.54 Å². The summed E-state index contributed by atoms with van der Waals surface area (Å²) in [5, 5.41) is 4.91. The van der Waals surface area contributed by atoms with E-state index in [1.54, 1.807) is 6.20 Å². The number of fused-ring (bicyclic) bond motifs is 1. The summed E-state index contributed by atoms with van der Waals surface area (Å²) in [5.41, 5.74) is 0.250. The molecule has 0 radical (unpaired) electrons. The molecule has 3 heterocycles. The number of para-hydroxylation sites is 1. The van der Waals surface area contributed by atoms with Gasteiger partial charge in [0.2, 0.25) is 5.95 Å². The molecule has 0 saturated carbocycles. The summed E-state index contributed by atoms with van der Waals surface area (Å²) in [4.78, 5) is 22.4. The van der Waals surface area contributed by atoms with Crippen molar-refractivity contribution in [2.45, 2.75) is 39.2 Å². The van der Waals surface area contributed by atoms with Crippen molar-refractivity contribution in [3.63, 3.8) is 0 Å². The van der Waals surface area contributed by atoms with Gasteiger partial charge in [-0.3, -0.25) is 9.78 Å². The number of rotatable bonds is 4. The van der Waals surface area contributed by atoms with Crippen LogP contribution < -0.4 is 15.2 Å². The molecule has 1 aliphatic rings. The number of H-pyrrole nitrogens is 1. The van der Waals surface area contributed by atoms with Gasteiger partial charge in [-0.05, 0) is 45.7 Å². The Morgan fingerprint density at radius 1 is 1.25 bits per heavy atom. The fourth-order valence-corrected chi connectivity index (χ4v) is 3.67. The second-order valence-electron chi connectivity index (χ2n) is 8.43. The lowest BCUT2D eigenvalue weighted by atomic mass is 9.99. The van der Waals surface area contributed by atoms with Gasteiger partial charge in [0.15, 0.2) is 5.65 Å². The van der Waals surface area contributed by atoms with E-state index in [2.05, 4.69) is 35.8 Å². The topological polar surface area (TPSA) is 76.0 Å². The number of ether oxygens (including phenoxy) is 1. The average molecular weight is 381 g/mol. The van der Waals surface area contributed by atoms with E-state index in [1.807, 2.05) is 35.0 Å². The van der Waals surface area contributed by atoms with Crippen LogP contribution in [0.1, 0.15) is 33.6 Å². The zero-order valence-corrected chi connectivity index (χ0v) is 16.7. The molecule has 1 unspecified atom stereocenters. The number of aromatic amines is 1. The second kappa shape index (κ2) is 7.30. The van der Waals surface area contributed by atoms with Gasteiger partial charge in [-0.2, -0.15) is 10.1 Å². The Hall–Kier alpha value is -2.83. The minimum atomic E-state index is -0.242. The molecule has 7 nitrogen and oxygen atoms in total. The minimum absolute atomic E-state index is 0.141. The van der Waals surface area contributed by atoms with Gasteiger partial charge in [0.25, 0.3) is 5.56 Å². The number of nitrogens with zero attached hydrogens (tertiary/aromatic N) is 4. The Balaban J connectivity index is 1.54. The number of hydrogen-bond donors (Lipinski definition) is 1. The average Bonchev–Trinajstić information content (AvgIpc) is 3.12. The summed E-state index contributed by atoms with van der Waals surface area (Å²) in [6.07, 6.45) is 3.75. The van der Waals surface area contributed by atoms with Gasteiger partial charge in [0, 0.05) is 19.0 Å². The maximum atomic E-state index is 12.6. The van der Waals surface area contributed by atoms with Crippen molar-refractivity contribution < 1.29 is 4.74 Å². The summed E-state index contributed by atoms with van der Waals surface area (Å²) < 4.78 is 7.76. The molecular formula is C21H27N5O2. The standard InChI is InChI=1S/C21H27N5O2/c1-21(2,3)26-18-17(12-22-26)19(27)24-20(23-18)25-11-7-8-15(13-25)14-28-16-9-5-4-6-10-16/h4-6,9-10,12,15H,7-8,11,13-14H2,1-3H3,(H,23,24,27). The molecule has 0 bridgehead atoms. The van der Waals surface area contributed by atoms with Crippen LogP contribution in [0.2, 0.25) is 0 Å². The molecule has 0 amide bonds. The van der Waals surface area contributed by atoms with Crippen LogP contribution in [0, 0.1) is 5.92 Å². The van der Waals surface area contributed by atoms with Gasteiger partial charge in [0.05, 0.1) is 18.3 Å². The molecule has 28 heavy (non-hydrogen) atoms. The largest absolute Gasteiger partial charge is 0.493 e. The molecule has 1 saturated heterocycles. The van der Waals surface area contributed by atoms with Gasteiger partial charge in [-0.15, -0.1) is 0 Å². The SMILES string of the molecule is CC(C)(C)n1ncc2c(=O)[nH]c(N3CCCC(COc4ccccc4)C3)nc21. The lowest BCUT2D eigenvalue weighted by Crippen LogP contribution is -2.39. The van der Waals surface area contributed by atoms with Crippen LogP contribution >= 0.6 is 0 Å². The Bertz CT molecular complexity index is 1000. The molecular weight excluding hydrogens is 354 g/mol. The van der Waals surface area contributed by atoms with E-state index in [1.165, 1.54) is 0 Å². The lowest BCUT2D eigenvalue weighted by molar-refractivity contribution is 0.228. The number of anilines is 1. The summed E-state index contributed by atoms with van der Waals surface area (Å²) in [5.74, 6) is 1.90. The van der Waals surface area contributed by atoms with Crippen LogP contribution in [0.25, 0.3) is 11.0 Å². The van der Waals surface area contributed by atoms with E-state index in [9.17, 15) is 4.79 Å². The third-order valence-corrected chi connectivity index (χ3v) is 5.11. The molecule has 0 aliphatic carbocycles. The number of nitrogens with one attached hydrogen (secondary N) is 1. The molecule has 1 N–H and O–H groups in total. The Labute approximate surface area is 164 Å². The maximum Gasteiger partial charge on any atom is 0.263 e. The van der Waals surface area contributed by atoms with Gasteiger partial charge >= 0.3 is 0 Å². The third kappa shape index (κ3) is 3.74. The second-order valence-corrected chi connectivity index (χ2v) is 8.43. The normalized spacial score (nSPS) is 17.8. The highest BCUT2D eigenvalue weighted by Crippen LogP contribution is 2.24. The van der Waals surface area contributed by atoms with E-state index in [0.717, 1.165) is 31.7 Å². The monoisotopic (exact) mass is 381 g/mol. The van der Waals surface area contributed by atoms with E-state index in [0.29, 0.717) is 29.5 Å². The van der Waals surface area contributed by atoms with E-state index < -0.39 is 0 Å². The fourth-order valence-electron chi connectivity index (χ4n) is 3.67. The van der Waals surface area contributed by atoms with Crippen molar-refractivity contribution in [1.82, 2.24) is 19.7 Å². The van der Waals surface area contributed by atoms with E-state index in [4.69, 9.17) is 9.72 Å². The van der Waals surface area contributed by atoms with Crippen molar-refractivity contribution in [2.24, 2.45) is 5.92 Å². The van der Waals surface area contributed by atoms with Crippen molar-refractivity contribution in [1.29, 1.82) is 0 Å². The van der Waals surface area contributed by atoms with E-state index >= 15 is 0 Å². The number of piperidine rings is 1. The zero-order valence-electron chi connectivity index (χ0n) is 16.7. The number of benzene rings is 1. The number of aromatic nitrogens is 4. The van der Waals surface area contributed by atoms with Crippen LogP contribution in [-0.4, -0.2) is 39.4 Å². The molecule has 1 fully saturated rings. The van der Waals surface area contributed by atoms with Gasteiger partial charge < -0.3 is 9.64 Å². The van der Waals surface area contributed by atoms with Crippen molar-refractivity contribution in [2.75, 3.05) is 24.6 Å². The first-order chi connectivity index (χ1) is 13.4. The first kappa shape index (κ1) is 18.5. The minimum Gasteiger partial charge on any atom is -0.493 e. The van der Waals surface area contributed by atoms with Crippen molar-refractivity contribution in [3.05, 3.63) is 46.9 Å². The van der Waals surface area contributed by atoms with Gasteiger partial charge in [-0.25, -0.2) is 4.68 Å². The van der Waals surface area contributed by atoms with Crippen molar-refractivity contribution in [3.8, 4) is 5.75 Å². The highest BCUT2D eigenvalue weighted by Gasteiger charge is 2.25. The predicted molar refractivity (Wildman–Crippen MR) is 110 cm³/mol. The lowest BCUT2D eigenvalue weighted by Gasteiger charge is -2.33. The number of hydrogen-bond acceptors (Lipinski definition) is 5. The quantitative estimate of drug-likeness (QED) is 0.751. The highest BCUT2D eigenvalue weighted by atomic mass is 16.5.